The summed E-state index contributed by atoms with van der Waals surface area (Å²) in [7, 11) is 1.76. The van der Waals surface area contributed by atoms with E-state index in [1.807, 2.05) is 17.9 Å². The average Bonchev–Trinajstić information content (AvgIpc) is 3.10. The van der Waals surface area contributed by atoms with Crippen molar-refractivity contribution in [2.45, 2.75) is 63.7 Å². The van der Waals surface area contributed by atoms with Gasteiger partial charge in [0.25, 0.3) is 5.91 Å². The number of rotatable bonds is 7. The quantitative estimate of drug-likeness (QED) is 0.547. The number of benzene rings is 1. The minimum absolute atomic E-state index is 0.0191. The van der Waals surface area contributed by atoms with E-state index in [0.29, 0.717) is 16.6 Å². The Bertz CT molecular complexity index is 854. The van der Waals surface area contributed by atoms with Crippen molar-refractivity contribution in [2.75, 3.05) is 39.9 Å². The van der Waals surface area contributed by atoms with Gasteiger partial charge < -0.3 is 19.3 Å². The molecule has 0 spiro atoms. The third kappa shape index (κ3) is 5.34. The second-order valence-corrected chi connectivity index (χ2v) is 10.1. The Hall–Kier alpha value is -1.11. The molecule has 4 rings (SSSR count). The molecule has 3 aliphatic rings. The van der Waals surface area contributed by atoms with Gasteiger partial charge in [0.05, 0.1) is 28.9 Å². The highest BCUT2D eigenvalue weighted by Crippen LogP contribution is 2.36. The third-order valence-electron chi connectivity index (χ3n) is 7.15. The molecular formula is C25H34Cl2N2O3. The predicted octanol–water partition coefficient (Wildman–Crippen LogP) is 5.05. The molecule has 5 nitrogen and oxygen atoms in total. The zero-order valence-electron chi connectivity index (χ0n) is 19.1. The topological polar surface area (TPSA) is 42.0 Å². The van der Waals surface area contributed by atoms with Crippen molar-refractivity contribution in [1.82, 2.24) is 9.80 Å². The van der Waals surface area contributed by atoms with Crippen LogP contribution in [0.4, 0.5) is 0 Å². The number of likely N-dealkylation sites (tertiary alicyclic amines) is 1. The van der Waals surface area contributed by atoms with Crippen LogP contribution in [-0.2, 0) is 14.3 Å². The van der Waals surface area contributed by atoms with Crippen LogP contribution in [-0.4, -0.2) is 73.9 Å². The third-order valence-corrected chi connectivity index (χ3v) is 7.89. The Labute approximate surface area is 201 Å². The minimum atomic E-state index is 0.0191. The number of halogens is 2. The zero-order valence-corrected chi connectivity index (χ0v) is 20.6. The molecule has 176 valence electrons. The summed E-state index contributed by atoms with van der Waals surface area (Å²) in [6.45, 7) is 6.73. The summed E-state index contributed by atoms with van der Waals surface area (Å²) in [5.41, 5.74) is 2.66. The summed E-state index contributed by atoms with van der Waals surface area (Å²) < 4.78 is 12.1. The van der Waals surface area contributed by atoms with Gasteiger partial charge in [-0.3, -0.25) is 4.79 Å². The van der Waals surface area contributed by atoms with Gasteiger partial charge in [-0.25, -0.2) is 0 Å². The lowest BCUT2D eigenvalue weighted by Gasteiger charge is -2.39. The van der Waals surface area contributed by atoms with Crippen molar-refractivity contribution in [3.05, 3.63) is 39.4 Å². The normalized spacial score (nSPS) is 27.4. The molecule has 1 amide bonds. The van der Waals surface area contributed by atoms with Crippen LogP contribution in [0.15, 0.2) is 23.8 Å². The van der Waals surface area contributed by atoms with Crippen LogP contribution in [0, 0.1) is 0 Å². The largest absolute Gasteiger partial charge is 0.379 e. The lowest BCUT2D eigenvalue weighted by atomic mass is 9.89. The van der Waals surface area contributed by atoms with E-state index in [2.05, 4.69) is 4.90 Å². The lowest BCUT2D eigenvalue weighted by molar-refractivity contribution is -0.131. The average molecular weight is 481 g/mol. The standard InChI is InChI=1S/C25H34Cl2N2O3/c1-17-16-29(25(30)24(17)18-6-8-20(26)21(27)14-18)19-7-9-22(31-2)23(15-19)32-13-12-28-10-4-3-5-11-28/h6,8,14,19,22-23H,3-5,7,9-13,15-16H2,1-2H3. The number of hydrogen-bond donors (Lipinski definition) is 0. The summed E-state index contributed by atoms with van der Waals surface area (Å²) in [6.07, 6.45) is 6.67. The minimum Gasteiger partial charge on any atom is -0.379 e. The fraction of sp³-hybridized carbons (Fsp3) is 0.640. The van der Waals surface area contributed by atoms with E-state index in [1.165, 1.54) is 32.4 Å². The van der Waals surface area contributed by atoms with Crippen LogP contribution in [0.5, 0.6) is 0 Å². The number of hydrogen-bond acceptors (Lipinski definition) is 4. The fourth-order valence-electron chi connectivity index (χ4n) is 5.37. The maximum Gasteiger partial charge on any atom is 0.255 e. The first-order chi connectivity index (χ1) is 15.5. The van der Waals surface area contributed by atoms with E-state index in [0.717, 1.165) is 49.1 Å². The molecule has 32 heavy (non-hydrogen) atoms. The van der Waals surface area contributed by atoms with Gasteiger partial charge in [0, 0.05) is 31.8 Å². The molecule has 0 aromatic heterocycles. The van der Waals surface area contributed by atoms with Crippen molar-refractivity contribution < 1.29 is 14.3 Å². The SMILES string of the molecule is COC1CCC(N2CC(C)=C(c3ccc(Cl)c(Cl)c3)C2=O)CC1OCCN1CCCCC1. The van der Waals surface area contributed by atoms with Gasteiger partial charge in [-0.05, 0) is 75.4 Å². The number of ether oxygens (including phenoxy) is 2. The van der Waals surface area contributed by atoms with Gasteiger partial charge in [0.1, 0.15) is 0 Å². The Morgan fingerprint density at radius 1 is 1.06 bits per heavy atom. The van der Waals surface area contributed by atoms with Gasteiger partial charge >= 0.3 is 0 Å². The maximum absolute atomic E-state index is 13.4. The summed E-state index contributed by atoms with van der Waals surface area (Å²) >= 11 is 12.3. The van der Waals surface area contributed by atoms with E-state index in [-0.39, 0.29) is 24.2 Å². The van der Waals surface area contributed by atoms with Crippen molar-refractivity contribution in [2.24, 2.45) is 0 Å². The molecule has 2 fully saturated rings. The molecule has 1 aromatic rings. The Morgan fingerprint density at radius 2 is 1.84 bits per heavy atom. The Kier molecular flexibility index (Phi) is 8.17. The van der Waals surface area contributed by atoms with E-state index in [4.69, 9.17) is 32.7 Å². The van der Waals surface area contributed by atoms with Crippen LogP contribution in [0.25, 0.3) is 5.57 Å². The molecule has 1 saturated carbocycles. The molecule has 3 unspecified atom stereocenters. The summed E-state index contributed by atoms with van der Waals surface area (Å²) in [5, 5.41) is 0.969. The van der Waals surface area contributed by atoms with Gasteiger partial charge in [-0.2, -0.15) is 0 Å². The lowest BCUT2D eigenvalue weighted by Crippen LogP contribution is -2.48. The van der Waals surface area contributed by atoms with Crippen LogP contribution in [0.1, 0.15) is 51.0 Å². The molecule has 0 bridgehead atoms. The summed E-state index contributed by atoms with van der Waals surface area (Å²) in [4.78, 5) is 17.9. The van der Waals surface area contributed by atoms with Crippen molar-refractivity contribution in [1.29, 1.82) is 0 Å². The second-order valence-electron chi connectivity index (χ2n) is 9.27. The smallest absolute Gasteiger partial charge is 0.255 e. The maximum atomic E-state index is 13.4. The molecule has 1 aliphatic carbocycles. The van der Waals surface area contributed by atoms with Gasteiger partial charge in [0.2, 0.25) is 0 Å². The van der Waals surface area contributed by atoms with Crippen LogP contribution in [0.2, 0.25) is 10.0 Å². The van der Waals surface area contributed by atoms with Gasteiger partial charge in [-0.1, -0.05) is 35.7 Å². The van der Waals surface area contributed by atoms with E-state index >= 15 is 0 Å². The second kappa shape index (κ2) is 10.9. The number of carbonyl (C=O) groups is 1. The number of piperidine rings is 1. The first-order valence-electron chi connectivity index (χ1n) is 11.8. The predicted molar refractivity (Wildman–Crippen MR) is 129 cm³/mol. The highest BCUT2D eigenvalue weighted by molar-refractivity contribution is 6.42. The van der Waals surface area contributed by atoms with Crippen molar-refractivity contribution in [3.63, 3.8) is 0 Å². The number of carbonyl (C=O) groups excluding carboxylic acids is 1. The van der Waals surface area contributed by atoms with Crippen LogP contribution >= 0.6 is 23.2 Å². The number of amides is 1. The van der Waals surface area contributed by atoms with Crippen molar-refractivity contribution in [3.8, 4) is 0 Å². The number of nitrogens with zero attached hydrogens (tertiary/aromatic N) is 2. The molecule has 3 atom stereocenters. The number of methoxy groups -OCH3 is 1. The van der Waals surface area contributed by atoms with E-state index in [1.54, 1.807) is 19.2 Å². The highest BCUT2D eigenvalue weighted by atomic mass is 35.5. The molecule has 2 aliphatic heterocycles. The monoisotopic (exact) mass is 480 g/mol. The van der Waals surface area contributed by atoms with Crippen LogP contribution in [0.3, 0.4) is 0 Å². The summed E-state index contributed by atoms with van der Waals surface area (Å²) in [5.74, 6) is 0.0776. The van der Waals surface area contributed by atoms with E-state index in [9.17, 15) is 4.79 Å². The molecule has 2 heterocycles. The highest BCUT2D eigenvalue weighted by Gasteiger charge is 2.39. The zero-order chi connectivity index (χ0) is 22.7. The molecular weight excluding hydrogens is 447 g/mol. The Balaban J connectivity index is 1.38. The fourth-order valence-corrected chi connectivity index (χ4v) is 5.67. The molecule has 7 heteroatoms. The van der Waals surface area contributed by atoms with E-state index < -0.39 is 0 Å². The first-order valence-corrected chi connectivity index (χ1v) is 12.6. The van der Waals surface area contributed by atoms with Crippen LogP contribution < -0.4 is 0 Å². The van der Waals surface area contributed by atoms with Crippen molar-refractivity contribution >= 4 is 34.7 Å². The van der Waals surface area contributed by atoms with Gasteiger partial charge in [0.15, 0.2) is 0 Å². The molecule has 1 saturated heterocycles. The van der Waals surface area contributed by atoms with Gasteiger partial charge in [-0.15, -0.1) is 0 Å². The molecule has 0 radical (unpaired) electrons. The molecule has 1 aromatic carbocycles. The molecule has 0 N–H and O–H groups in total. The summed E-state index contributed by atoms with van der Waals surface area (Å²) in [6, 6.07) is 5.58. The first kappa shape index (κ1) is 24.0. The Morgan fingerprint density at radius 3 is 2.56 bits per heavy atom.